The van der Waals surface area contributed by atoms with Gasteiger partial charge >= 0.3 is 5.97 Å². The summed E-state index contributed by atoms with van der Waals surface area (Å²) >= 11 is 0. The molecule has 0 unspecified atom stereocenters. The number of quaternary nitrogens is 1. The van der Waals surface area contributed by atoms with Crippen molar-refractivity contribution < 1.29 is 24.3 Å². The average Bonchev–Trinajstić information content (AvgIpc) is 2.16. The largest absolute Gasteiger partial charge is 0.545 e. The summed E-state index contributed by atoms with van der Waals surface area (Å²) < 4.78 is 0.868. The Morgan fingerprint density at radius 3 is 1.83 bits per heavy atom. The third-order valence-electron chi connectivity index (χ3n) is 1.96. The third kappa shape index (κ3) is 14.4. The van der Waals surface area contributed by atoms with Crippen molar-refractivity contribution in [2.24, 2.45) is 0 Å². The summed E-state index contributed by atoms with van der Waals surface area (Å²) in [6.07, 6.45) is 1.47. The molecule has 1 N–H and O–H groups in total. The van der Waals surface area contributed by atoms with Crippen LogP contribution in [0.3, 0.4) is 0 Å². The van der Waals surface area contributed by atoms with E-state index in [0.29, 0.717) is 12.0 Å². The molecule has 0 atom stereocenters. The van der Waals surface area contributed by atoms with Gasteiger partial charge in [0, 0.05) is 12.0 Å². The van der Waals surface area contributed by atoms with Crippen LogP contribution in [0.4, 0.5) is 0 Å². The Hall–Kier alpha value is -1.62. The lowest BCUT2D eigenvalue weighted by Crippen LogP contribution is -2.35. The van der Waals surface area contributed by atoms with Crippen molar-refractivity contribution in [3.8, 4) is 0 Å². The number of nitrogens with zero attached hydrogens (tertiary/aromatic N) is 1. The minimum atomic E-state index is -1.19. The second-order valence-electron chi connectivity index (χ2n) is 5.09. The van der Waals surface area contributed by atoms with E-state index in [1.807, 2.05) is 0 Å². The van der Waals surface area contributed by atoms with Gasteiger partial charge in [-0.25, -0.2) is 4.79 Å². The van der Waals surface area contributed by atoms with Crippen LogP contribution < -0.4 is 5.11 Å². The molecule has 5 nitrogen and oxygen atoms in total. The maximum atomic E-state index is 10.4. The second-order valence-corrected chi connectivity index (χ2v) is 5.09. The molecular weight excluding hydrogens is 234 g/mol. The Morgan fingerprint density at radius 2 is 1.61 bits per heavy atom. The van der Waals surface area contributed by atoms with Crippen LogP contribution in [0.2, 0.25) is 0 Å². The summed E-state index contributed by atoms with van der Waals surface area (Å²) in [5, 5.41) is 18.0. The van der Waals surface area contributed by atoms with E-state index in [0.717, 1.165) is 17.4 Å². The van der Waals surface area contributed by atoms with Crippen molar-refractivity contribution in [2.75, 3.05) is 27.7 Å². The van der Waals surface area contributed by atoms with Gasteiger partial charge in [0.1, 0.15) is 0 Å². The predicted octanol–water partition coefficient (Wildman–Crippen LogP) is 0.426. The van der Waals surface area contributed by atoms with E-state index < -0.39 is 11.9 Å². The van der Waals surface area contributed by atoms with Gasteiger partial charge in [-0.15, -0.1) is 0 Å². The van der Waals surface area contributed by atoms with Gasteiger partial charge in [-0.3, -0.25) is 0 Å². The summed E-state index contributed by atoms with van der Waals surface area (Å²) in [6, 6.07) is 0. The average molecular weight is 257 g/mol. The minimum Gasteiger partial charge on any atom is -0.545 e. The van der Waals surface area contributed by atoms with E-state index >= 15 is 0 Å². The Labute approximate surface area is 109 Å². The van der Waals surface area contributed by atoms with Crippen molar-refractivity contribution in [1.82, 2.24) is 0 Å². The summed E-state index contributed by atoms with van der Waals surface area (Å²) in [4.78, 5) is 19.8. The molecular formula is C13H23NO4. The zero-order valence-electron chi connectivity index (χ0n) is 11.7. The first-order valence-corrected chi connectivity index (χ1v) is 5.55. The van der Waals surface area contributed by atoms with Crippen molar-refractivity contribution >= 4 is 11.9 Å². The van der Waals surface area contributed by atoms with E-state index in [1.54, 1.807) is 0 Å². The Bertz CT molecular complexity index is 314. The van der Waals surface area contributed by atoms with Crippen LogP contribution in [-0.2, 0) is 9.59 Å². The van der Waals surface area contributed by atoms with Gasteiger partial charge in [-0.05, 0) is 18.9 Å². The number of carbonyl (C=O) groups excluding carboxylic acids is 1. The number of aliphatic carboxylic acids is 2. The van der Waals surface area contributed by atoms with Crippen molar-refractivity contribution in [1.29, 1.82) is 0 Å². The smallest absolute Gasteiger partial charge is 0.330 e. The van der Waals surface area contributed by atoms with Gasteiger partial charge in [0.05, 0.1) is 33.7 Å². The molecule has 0 aromatic carbocycles. The highest BCUT2D eigenvalue weighted by Crippen LogP contribution is 2.04. The van der Waals surface area contributed by atoms with Crippen LogP contribution in [0.1, 0.15) is 19.8 Å². The number of hydrogen-bond acceptors (Lipinski definition) is 3. The first-order chi connectivity index (χ1) is 7.97. The van der Waals surface area contributed by atoms with Gasteiger partial charge < -0.3 is 19.5 Å². The number of carboxylic acids is 2. The van der Waals surface area contributed by atoms with Crippen LogP contribution in [-0.4, -0.2) is 49.2 Å². The Balaban J connectivity index is 0. The summed E-state index contributed by atoms with van der Waals surface area (Å²) in [5.41, 5.74) is 0.374. The molecule has 0 fully saturated rings. The molecule has 0 aliphatic carbocycles. The van der Waals surface area contributed by atoms with Gasteiger partial charge in [0.25, 0.3) is 0 Å². The molecule has 0 bridgehead atoms. The zero-order chi connectivity index (χ0) is 14.9. The molecule has 5 heteroatoms. The number of hydrogen-bond donors (Lipinski definition) is 1. The molecule has 104 valence electrons. The Kier molecular flexibility index (Phi) is 8.81. The monoisotopic (exact) mass is 257 g/mol. The van der Waals surface area contributed by atoms with Crippen LogP contribution in [0.5, 0.6) is 0 Å². The topological polar surface area (TPSA) is 77.4 Å². The summed E-state index contributed by atoms with van der Waals surface area (Å²) in [6.45, 7) is 8.92. The molecule has 0 aromatic rings. The molecule has 18 heavy (non-hydrogen) atoms. The normalized spacial score (nSPS) is 10.0. The molecule has 0 heterocycles. The maximum Gasteiger partial charge on any atom is 0.330 e. The molecule has 0 aromatic heterocycles. The highest BCUT2D eigenvalue weighted by Gasteiger charge is 2.08. The van der Waals surface area contributed by atoms with Gasteiger partial charge in [-0.2, -0.15) is 0 Å². The number of carboxylic acid groups (broad SMARTS) is 2. The third-order valence-corrected chi connectivity index (χ3v) is 1.96. The molecule has 0 amide bonds. The van der Waals surface area contributed by atoms with Gasteiger partial charge in [-0.1, -0.05) is 13.2 Å². The van der Waals surface area contributed by atoms with Crippen LogP contribution >= 0.6 is 0 Å². The summed E-state index contributed by atoms with van der Waals surface area (Å²) in [5.74, 6) is -2.06. The van der Waals surface area contributed by atoms with Crippen LogP contribution in [0.15, 0.2) is 24.3 Å². The minimum absolute atomic E-state index is 0.0648. The molecule has 0 rings (SSSR count). The van der Waals surface area contributed by atoms with E-state index in [1.165, 1.54) is 6.92 Å². The highest BCUT2D eigenvalue weighted by atomic mass is 16.4. The number of rotatable bonds is 6. The van der Waals surface area contributed by atoms with Gasteiger partial charge in [0.2, 0.25) is 0 Å². The standard InChI is InChI=1S/C9H17NO2.C4H6O2/c1-8(9(11)12)6-5-7-10(2,3)4;1-3(2)4(5)6/h1,5-7H2,2-4H3;1H2,2H3,(H,5,6). The lowest BCUT2D eigenvalue weighted by atomic mass is 10.1. The van der Waals surface area contributed by atoms with Crippen molar-refractivity contribution in [2.45, 2.75) is 19.8 Å². The van der Waals surface area contributed by atoms with Crippen molar-refractivity contribution in [3.63, 3.8) is 0 Å². The van der Waals surface area contributed by atoms with E-state index in [-0.39, 0.29) is 5.57 Å². The first-order valence-electron chi connectivity index (χ1n) is 5.55. The van der Waals surface area contributed by atoms with Crippen molar-refractivity contribution in [3.05, 3.63) is 24.3 Å². The molecule has 0 radical (unpaired) electrons. The highest BCUT2D eigenvalue weighted by molar-refractivity contribution is 5.85. The van der Waals surface area contributed by atoms with Crippen LogP contribution in [0, 0.1) is 0 Å². The maximum absolute atomic E-state index is 10.4. The Morgan fingerprint density at radius 1 is 1.22 bits per heavy atom. The lowest BCUT2D eigenvalue weighted by Gasteiger charge is -2.23. The molecule has 0 aliphatic rings. The molecule has 0 spiro atoms. The fourth-order valence-corrected chi connectivity index (χ4v) is 0.874. The predicted molar refractivity (Wildman–Crippen MR) is 68.7 cm³/mol. The lowest BCUT2D eigenvalue weighted by molar-refractivity contribution is -0.870. The second kappa shape index (κ2) is 8.47. The zero-order valence-corrected chi connectivity index (χ0v) is 11.7. The van der Waals surface area contributed by atoms with E-state index in [9.17, 15) is 14.7 Å². The number of carbonyl (C=O) groups is 2. The first kappa shape index (κ1) is 18.7. The molecule has 0 saturated heterocycles. The van der Waals surface area contributed by atoms with Crippen LogP contribution in [0.25, 0.3) is 0 Å². The van der Waals surface area contributed by atoms with E-state index in [2.05, 4.69) is 34.3 Å². The SMILES string of the molecule is C=C(C)C(=O)[O-].C=C(CCC[N+](C)(C)C)C(=O)O. The fraction of sp³-hybridized carbons (Fsp3) is 0.538. The molecule has 0 aliphatic heterocycles. The molecule has 0 saturated carbocycles. The quantitative estimate of drug-likeness (QED) is 0.553. The summed E-state index contributed by atoms with van der Waals surface area (Å²) in [7, 11) is 6.26. The fourth-order valence-electron chi connectivity index (χ4n) is 0.874. The van der Waals surface area contributed by atoms with E-state index in [4.69, 9.17) is 5.11 Å². The van der Waals surface area contributed by atoms with Gasteiger partial charge in [0.15, 0.2) is 0 Å².